The summed E-state index contributed by atoms with van der Waals surface area (Å²) >= 11 is 0. The summed E-state index contributed by atoms with van der Waals surface area (Å²) in [6.07, 6.45) is -4.90. The SMILES string of the molecule is CCN(C(=O)C(F)(F)F)c1ccc(C(C)(C)C)c(-c2ccccc2)c1. The maximum atomic E-state index is 12.9. The highest BCUT2D eigenvalue weighted by atomic mass is 19.4. The number of benzene rings is 2. The van der Waals surface area contributed by atoms with Crippen LogP contribution in [0.15, 0.2) is 48.5 Å². The molecule has 0 aromatic heterocycles. The van der Waals surface area contributed by atoms with Crippen molar-refractivity contribution in [2.75, 3.05) is 11.4 Å². The highest BCUT2D eigenvalue weighted by molar-refractivity contribution is 5.98. The van der Waals surface area contributed by atoms with Crippen LogP contribution >= 0.6 is 0 Å². The zero-order valence-corrected chi connectivity index (χ0v) is 14.8. The molecule has 0 aliphatic rings. The number of rotatable bonds is 3. The van der Waals surface area contributed by atoms with Crippen LogP contribution in [-0.2, 0) is 10.2 Å². The van der Waals surface area contributed by atoms with Gasteiger partial charge in [-0.05, 0) is 41.2 Å². The van der Waals surface area contributed by atoms with Gasteiger partial charge in [0.25, 0.3) is 0 Å². The first-order valence-corrected chi connectivity index (χ1v) is 8.14. The van der Waals surface area contributed by atoms with Crippen molar-refractivity contribution < 1.29 is 18.0 Å². The van der Waals surface area contributed by atoms with Gasteiger partial charge in [0.05, 0.1) is 0 Å². The first-order valence-electron chi connectivity index (χ1n) is 8.14. The largest absolute Gasteiger partial charge is 0.471 e. The molecule has 0 aliphatic heterocycles. The third-order valence-electron chi connectivity index (χ3n) is 4.01. The first kappa shape index (κ1) is 19.0. The van der Waals surface area contributed by atoms with E-state index in [2.05, 4.69) is 0 Å². The van der Waals surface area contributed by atoms with Crippen LogP contribution in [0.1, 0.15) is 33.3 Å². The van der Waals surface area contributed by atoms with Gasteiger partial charge < -0.3 is 4.90 Å². The van der Waals surface area contributed by atoms with E-state index >= 15 is 0 Å². The van der Waals surface area contributed by atoms with E-state index in [1.807, 2.05) is 57.2 Å². The lowest BCUT2D eigenvalue weighted by Crippen LogP contribution is -2.41. The molecule has 0 heterocycles. The van der Waals surface area contributed by atoms with Crippen molar-refractivity contribution in [3.8, 4) is 11.1 Å². The molecule has 0 atom stereocenters. The number of alkyl halides is 3. The standard InChI is InChI=1S/C20H22F3NO/c1-5-24(18(25)20(21,22)23)15-11-12-17(19(2,3)4)16(13-15)14-9-7-6-8-10-14/h6-13H,5H2,1-4H3. The lowest BCUT2D eigenvalue weighted by atomic mass is 9.81. The van der Waals surface area contributed by atoms with Gasteiger partial charge in [0.1, 0.15) is 0 Å². The van der Waals surface area contributed by atoms with Gasteiger partial charge in [-0.25, -0.2) is 0 Å². The molecule has 0 N–H and O–H groups in total. The summed E-state index contributed by atoms with van der Waals surface area (Å²) in [5.41, 5.74) is 2.81. The number of amides is 1. The van der Waals surface area contributed by atoms with Gasteiger partial charge in [-0.3, -0.25) is 4.79 Å². The Bertz CT molecular complexity index is 746. The Balaban J connectivity index is 2.61. The molecule has 2 aromatic carbocycles. The molecule has 5 heteroatoms. The lowest BCUT2D eigenvalue weighted by molar-refractivity contribution is -0.170. The number of halogens is 3. The van der Waals surface area contributed by atoms with Crippen LogP contribution in [-0.4, -0.2) is 18.6 Å². The van der Waals surface area contributed by atoms with Gasteiger partial charge in [0.2, 0.25) is 0 Å². The van der Waals surface area contributed by atoms with Crippen molar-refractivity contribution in [1.29, 1.82) is 0 Å². The minimum Gasteiger partial charge on any atom is -0.305 e. The Hall–Kier alpha value is -2.30. The van der Waals surface area contributed by atoms with E-state index in [-0.39, 0.29) is 17.6 Å². The zero-order valence-electron chi connectivity index (χ0n) is 14.8. The van der Waals surface area contributed by atoms with Gasteiger partial charge in [0.15, 0.2) is 0 Å². The molecule has 0 bridgehead atoms. The van der Waals surface area contributed by atoms with E-state index < -0.39 is 12.1 Å². The van der Waals surface area contributed by atoms with Crippen LogP contribution in [0, 0.1) is 0 Å². The maximum Gasteiger partial charge on any atom is 0.471 e. The summed E-state index contributed by atoms with van der Waals surface area (Å²) in [4.78, 5) is 12.5. The van der Waals surface area contributed by atoms with Gasteiger partial charge in [0, 0.05) is 12.2 Å². The predicted octanol–water partition coefficient (Wildman–Crippen LogP) is 5.57. The van der Waals surface area contributed by atoms with E-state index in [4.69, 9.17) is 0 Å². The Kier molecular flexibility index (Phi) is 5.26. The molecule has 2 rings (SSSR count). The van der Waals surface area contributed by atoms with Crippen LogP contribution in [0.5, 0.6) is 0 Å². The average molecular weight is 349 g/mol. The molecule has 0 aliphatic carbocycles. The smallest absolute Gasteiger partial charge is 0.305 e. The Morgan fingerprint density at radius 2 is 1.60 bits per heavy atom. The monoisotopic (exact) mass is 349 g/mol. The second-order valence-electron chi connectivity index (χ2n) is 6.89. The summed E-state index contributed by atoms with van der Waals surface area (Å²) in [6.45, 7) is 7.62. The van der Waals surface area contributed by atoms with Gasteiger partial charge in [-0.2, -0.15) is 13.2 Å². The minimum absolute atomic E-state index is 0.0541. The second kappa shape index (κ2) is 6.90. The Morgan fingerprint density at radius 3 is 2.08 bits per heavy atom. The van der Waals surface area contributed by atoms with Crippen molar-refractivity contribution in [2.24, 2.45) is 0 Å². The quantitative estimate of drug-likeness (QED) is 0.710. The summed E-state index contributed by atoms with van der Waals surface area (Å²) in [5.74, 6) is -1.85. The Labute approximate surface area is 146 Å². The van der Waals surface area contributed by atoms with Gasteiger partial charge in [-0.15, -0.1) is 0 Å². The van der Waals surface area contributed by atoms with Crippen molar-refractivity contribution >= 4 is 11.6 Å². The molecule has 1 amide bonds. The van der Waals surface area contributed by atoms with E-state index in [9.17, 15) is 18.0 Å². The normalized spacial score (nSPS) is 12.1. The molecule has 0 saturated carbocycles. The molecule has 25 heavy (non-hydrogen) atoms. The van der Waals surface area contributed by atoms with Gasteiger partial charge >= 0.3 is 12.1 Å². The fourth-order valence-corrected chi connectivity index (χ4v) is 2.81. The van der Waals surface area contributed by atoms with Crippen molar-refractivity contribution in [2.45, 2.75) is 39.3 Å². The van der Waals surface area contributed by atoms with E-state index in [1.54, 1.807) is 12.1 Å². The van der Waals surface area contributed by atoms with E-state index in [0.29, 0.717) is 0 Å². The topological polar surface area (TPSA) is 20.3 Å². The second-order valence-corrected chi connectivity index (χ2v) is 6.89. The number of carbonyl (C=O) groups is 1. The molecule has 2 nitrogen and oxygen atoms in total. The molecule has 0 saturated heterocycles. The fourth-order valence-electron chi connectivity index (χ4n) is 2.81. The average Bonchev–Trinajstić information content (AvgIpc) is 2.54. The lowest BCUT2D eigenvalue weighted by Gasteiger charge is -2.27. The minimum atomic E-state index is -4.90. The van der Waals surface area contributed by atoms with Crippen molar-refractivity contribution in [1.82, 2.24) is 0 Å². The third-order valence-corrected chi connectivity index (χ3v) is 4.01. The van der Waals surface area contributed by atoms with Crippen LogP contribution in [0.3, 0.4) is 0 Å². The number of hydrogen-bond donors (Lipinski definition) is 0. The molecular weight excluding hydrogens is 327 g/mol. The van der Waals surface area contributed by atoms with Crippen LogP contribution in [0.2, 0.25) is 0 Å². The van der Waals surface area contributed by atoms with Crippen LogP contribution < -0.4 is 4.90 Å². The molecule has 0 fully saturated rings. The summed E-state index contributed by atoms with van der Waals surface area (Å²) in [7, 11) is 0. The molecule has 0 radical (unpaired) electrons. The maximum absolute atomic E-state index is 12.9. The fraction of sp³-hybridized carbons (Fsp3) is 0.350. The summed E-state index contributed by atoms with van der Waals surface area (Å²) in [6, 6.07) is 14.5. The predicted molar refractivity (Wildman–Crippen MR) is 94.7 cm³/mol. The van der Waals surface area contributed by atoms with Gasteiger partial charge in [-0.1, -0.05) is 57.2 Å². The number of hydrogen-bond acceptors (Lipinski definition) is 1. The number of carbonyl (C=O) groups excluding carboxylic acids is 1. The van der Waals surface area contributed by atoms with E-state index in [1.165, 1.54) is 6.92 Å². The van der Waals surface area contributed by atoms with Crippen molar-refractivity contribution in [3.63, 3.8) is 0 Å². The highest BCUT2D eigenvalue weighted by Crippen LogP contribution is 2.36. The van der Waals surface area contributed by atoms with Crippen LogP contribution in [0.4, 0.5) is 18.9 Å². The summed E-state index contributed by atoms with van der Waals surface area (Å²) < 4.78 is 38.6. The molecule has 0 spiro atoms. The van der Waals surface area contributed by atoms with E-state index in [0.717, 1.165) is 21.6 Å². The number of nitrogens with zero attached hydrogens (tertiary/aromatic N) is 1. The molecular formula is C20H22F3NO. The molecule has 0 unspecified atom stereocenters. The zero-order chi connectivity index (χ0) is 18.8. The highest BCUT2D eigenvalue weighted by Gasteiger charge is 2.42. The van der Waals surface area contributed by atoms with Crippen molar-refractivity contribution in [3.05, 3.63) is 54.1 Å². The Morgan fingerprint density at radius 1 is 1.00 bits per heavy atom. The van der Waals surface area contributed by atoms with Crippen LogP contribution in [0.25, 0.3) is 11.1 Å². The molecule has 2 aromatic rings. The first-order chi connectivity index (χ1) is 11.6. The summed E-state index contributed by atoms with van der Waals surface area (Å²) in [5, 5.41) is 0. The molecule has 134 valence electrons. The third kappa shape index (κ3) is 4.21. The number of anilines is 1.